The molecule has 0 bridgehead atoms. The molecule has 2 aromatic rings. The molecule has 0 aliphatic rings. The van der Waals surface area contributed by atoms with Crippen molar-refractivity contribution in [2.45, 2.75) is 19.8 Å². The molecule has 0 spiro atoms. The first-order valence-corrected chi connectivity index (χ1v) is 7.14. The standard InChI is InChI=1S/C14H17N3OS/c1-2-6-16-13(18)8-12-9-19-14(17-12)10-4-3-5-11(15)7-10/h3-5,7,9H,2,6,8,15H2,1H3,(H,16,18). The van der Waals surface area contributed by atoms with Crippen molar-refractivity contribution in [3.05, 3.63) is 35.3 Å². The fourth-order valence-corrected chi connectivity index (χ4v) is 2.50. The van der Waals surface area contributed by atoms with E-state index in [2.05, 4.69) is 10.3 Å². The SMILES string of the molecule is CCCNC(=O)Cc1csc(-c2cccc(N)c2)n1. The van der Waals surface area contributed by atoms with Gasteiger partial charge in [-0.15, -0.1) is 11.3 Å². The average Bonchev–Trinajstić information content (AvgIpc) is 2.85. The second-order valence-corrected chi connectivity index (χ2v) is 5.15. The van der Waals surface area contributed by atoms with E-state index in [1.807, 2.05) is 36.6 Å². The maximum absolute atomic E-state index is 11.6. The number of nitrogen functional groups attached to an aromatic ring is 1. The Kier molecular flexibility index (Phi) is 4.52. The number of amides is 1. The molecule has 0 fully saturated rings. The maximum Gasteiger partial charge on any atom is 0.226 e. The lowest BCUT2D eigenvalue weighted by Crippen LogP contribution is -2.25. The van der Waals surface area contributed by atoms with Crippen LogP contribution in [-0.4, -0.2) is 17.4 Å². The molecule has 5 heteroatoms. The number of carbonyl (C=O) groups excluding carboxylic acids is 1. The molecule has 0 saturated heterocycles. The van der Waals surface area contributed by atoms with Crippen molar-refractivity contribution in [3.8, 4) is 10.6 Å². The number of thiazole rings is 1. The van der Waals surface area contributed by atoms with E-state index >= 15 is 0 Å². The van der Waals surface area contributed by atoms with Crippen molar-refractivity contribution in [2.24, 2.45) is 0 Å². The van der Waals surface area contributed by atoms with Gasteiger partial charge < -0.3 is 11.1 Å². The molecule has 0 radical (unpaired) electrons. The summed E-state index contributed by atoms with van der Waals surface area (Å²) in [5.41, 5.74) is 8.26. The third-order valence-corrected chi connectivity index (χ3v) is 3.54. The largest absolute Gasteiger partial charge is 0.399 e. The second-order valence-electron chi connectivity index (χ2n) is 4.30. The van der Waals surface area contributed by atoms with E-state index in [-0.39, 0.29) is 5.91 Å². The number of nitrogens with one attached hydrogen (secondary N) is 1. The number of carbonyl (C=O) groups is 1. The van der Waals surface area contributed by atoms with E-state index in [1.165, 1.54) is 11.3 Å². The summed E-state index contributed by atoms with van der Waals surface area (Å²) in [5, 5.41) is 5.66. The molecule has 0 aliphatic carbocycles. The first-order chi connectivity index (χ1) is 9.19. The van der Waals surface area contributed by atoms with Crippen molar-refractivity contribution in [1.82, 2.24) is 10.3 Å². The third-order valence-electron chi connectivity index (χ3n) is 2.60. The second kappa shape index (κ2) is 6.33. The summed E-state index contributed by atoms with van der Waals surface area (Å²) in [5.74, 6) is 0.0197. The highest BCUT2D eigenvalue weighted by molar-refractivity contribution is 7.13. The Morgan fingerprint density at radius 3 is 3.05 bits per heavy atom. The fourth-order valence-electron chi connectivity index (χ4n) is 1.68. The Hall–Kier alpha value is -1.88. The molecule has 1 aromatic heterocycles. The molecular weight excluding hydrogens is 258 g/mol. The minimum Gasteiger partial charge on any atom is -0.399 e. The van der Waals surface area contributed by atoms with Crippen LogP contribution in [0.1, 0.15) is 19.0 Å². The van der Waals surface area contributed by atoms with Gasteiger partial charge in [-0.25, -0.2) is 4.98 Å². The molecule has 1 heterocycles. The predicted molar refractivity (Wildman–Crippen MR) is 79.0 cm³/mol. The number of hydrogen-bond acceptors (Lipinski definition) is 4. The fraction of sp³-hybridized carbons (Fsp3) is 0.286. The van der Waals surface area contributed by atoms with E-state index in [0.717, 1.165) is 28.4 Å². The smallest absolute Gasteiger partial charge is 0.226 e. The Bertz CT molecular complexity index is 565. The summed E-state index contributed by atoms with van der Waals surface area (Å²) < 4.78 is 0. The number of benzene rings is 1. The first-order valence-electron chi connectivity index (χ1n) is 6.26. The average molecular weight is 275 g/mol. The number of rotatable bonds is 5. The molecule has 2 rings (SSSR count). The van der Waals surface area contributed by atoms with Crippen LogP contribution in [0.25, 0.3) is 10.6 Å². The van der Waals surface area contributed by atoms with Crippen LogP contribution in [0.3, 0.4) is 0 Å². The normalized spacial score (nSPS) is 10.4. The summed E-state index contributed by atoms with van der Waals surface area (Å²) in [6, 6.07) is 7.60. The molecule has 0 atom stereocenters. The lowest BCUT2D eigenvalue weighted by Gasteiger charge is -2.00. The lowest BCUT2D eigenvalue weighted by atomic mass is 10.2. The molecular formula is C14H17N3OS. The van der Waals surface area contributed by atoms with Gasteiger partial charge in [0.05, 0.1) is 12.1 Å². The van der Waals surface area contributed by atoms with Gasteiger partial charge in [0.1, 0.15) is 5.01 Å². The van der Waals surface area contributed by atoms with Crippen molar-refractivity contribution in [1.29, 1.82) is 0 Å². The van der Waals surface area contributed by atoms with E-state index < -0.39 is 0 Å². The number of hydrogen-bond donors (Lipinski definition) is 2. The summed E-state index contributed by atoms with van der Waals surface area (Å²) >= 11 is 1.53. The monoisotopic (exact) mass is 275 g/mol. The highest BCUT2D eigenvalue weighted by Gasteiger charge is 2.08. The van der Waals surface area contributed by atoms with Gasteiger partial charge in [-0.05, 0) is 18.6 Å². The van der Waals surface area contributed by atoms with Crippen LogP contribution < -0.4 is 11.1 Å². The van der Waals surface area contributed by atoms with E-state index in [0.29, 0.717) is 13.0 Å². The number of anilines is 1. The van der Waals surface area contributed by atoms with E-state index in [4.69, 9.17) is 5.73 Å². The van der Waals surface area contributed by atoms with E-state index in [9.17, 15) is 4.79 Å². The summed E-state index contributed by atoms with van der Waals surface area (Å²) in [7, 11) is 0. The number of nitrogens with zero attached hydrogens (tertiary/aromatic N) is 1. The van der Waals surface area contributed by atoms with Gasteiger partial charge in [-0.2, -0.15) is 0 Å². The zero-order valence-electron chi connectivity index (χ0n) is 10.8. The highest BCUT2D eigenvalue weighted by atomic mass is 32.1. The van der Waals surface area contributed by atoms with Crippen LogP contribution in [0.5, 0.6) is 0 Å². The molecule has 0 aliphatic heterocycles. The van der Waals surface area contributed by atoms with Crippen LogP contribution >= 0.6 is 11.3 Å². The molecule has 0 unspecified atom stereocenters. The summed E-state index contributed by atoms with van der Waals surface area (Å²) in [6.45, 7) is 2.74. The quantitative estimate of drug-likeness (QED) is 0.824. The van der Waals surface area contributed by atoms with Crippen molar-refractivity contribution >= 4 is 22.9 Å². The van der Waals surface area contributed by atoms with Crippen LogP contribution in [0, 0.1) is 0 Å². The zero-order chi connectivity index (χ0) is 13.7. The molecule has 3 N–H and O–H groups in total. The minimum atomic E-state index is 0.0197. The van der Waals surface area contributed by atoms with Crippen LogP contribution in [-0.2, 0) is 11.2 Å². The zero-order valence-corrected chi connectivity index (χ0v) is 11.7. The maximum atomic E-state index is 11.6. The van der Waals surface area contributed by atoms with Gasteiger partial charge in [-0.1, -0.05) is 19.1 Å². The Morgan fingerprint density at radius 2 is 2.32 bits per heavy atom. The molecule has 1 aromatic carbocycles. The van der Waals surface area contributed by atoms with Crippen LogP contribution in [0.2, 0.25) is 0 Å². The van der Waals surface area contributed by atoms with Gasteiger partial charge >= 0.3 is 0 Å². The molecule has 19 heavy (non-hydrogen) atoms. The van der Waals surface area contributed by atoms with Gasteiger partial charge in [0, 0.05) is 23.2 Å². The Balaban J connectivity index is 2.05. The van der Waals surface area contributed by atoms with Crippen LogP contribution in [0.4, 0.5) is 5.69 Å². The third kappa shape index (κ3) is 3.79. The Morgan fingerprint density at radius 1 is 1.47 bits per heavy atom. The predicted octanol–water partition coefficient (Wildman–Crippen LogP) is 2.46. The molecule has 0 saturated carbocycles. The molecule has 4 nitrogen and oxygen atoms in total. The van der Waals surface area contributed by atoms with Crippen molar-refractivity contribution in [3.63, 3.8) is 0 Å². The Labute approximate surface area is 116 Å². The first kappa shape index (κ1) is 13.5. The van der Waals surface area contributed by atoms with Crippen molar-refractivity contribution in [2.75, 3.05) is 12.3 Å². The topological polar surface area (TPSA) is 68.0 Å². The lowest BCUT2D eigenvalue weighted by molar-refractivity contribution is -0.120. The number of nitrogens with two attached hydrogens (primary N) is 1. The highest BCUT2D eigenvalue weighted by Crippen LogP contribution is 2.25. The van der Waals surface area contributed by atoms with Gasteiger partial charge in [0.25, 0.3) is 0 Å². The number of aromatic nitrogens is 1. The minimum absolute atomic E-state index is 0.0197. The van der Waals surface area contributed by atoms with Gasteiger partial charge in [0.2, 0.25) is 5.91 Å². The summed E-state index contributed by atoms with van der Waals surface area (Å²) in [6.07, 6.45) is 1.27. The van der Waals surface area contributed by atoms with Gasteiger partial charge in [0.15, 0.2) is 0 Å². The van der Waals surface area contributed by atoms with Crippen molar-refractivity contribution < 1.29 is 4.79 Å². The van der Waals surface area contributed by atoms with Crippen LogP contribution in [0.15, 0.2) is 29.6 Å². The van der Waals surface area contributed by atoms with Gasteiger partial charge in [-0.3, -0.25) is 4.79 Å². The van der Waals surface area contributed by atoms with E-state index in [1.54, 1.807) is 0 Å². The summed E-state index contributed by atoms with van der Waals surface area (Å²) in [4.78, 5) is 16.1. The molecule has 1 amide bonds. The molecule has 100 valence electrons.